The van der Waals surface area contributed by atoms with Crippen molar-refractivity contribution in [3.05, 3.63) is 81.2 Å². The fourth-order valence-electron chi connectivity index (χ4n) is 1.86. The molecule has 0 bridgehead atoms. The van der Waals surface area contributed by atoms with Gasteiger partial charge in [0.2, 0.25) is 0 Å². The number of hydrogen-bond donors (Lipinski definition) is 0. The van der Waals surface area contributed by atoms with Crippen LogP contribution in [-0.2, 0) is 0 Å². The summed E-state index contributed by atoms with van der Waals surface area (Å²) in [7, 11) is 0. The van der Waals surface area contributed by atoms with E-state index in [9.17, 15) is 0 Å². The van der Waals surface area contributed by atoms with Crippen LogP contribution in [0.2, 0.25) is 0 Å². The quantitative estimate of drug-likeness (QED) is 0.475. The lowest BCUT2D eigenvalue weighted by Crippen LogP contribution is -1.97. The fraction of sp³-hybridized carbons (Fsp3) is 0.0667. The molecule has 0 aromatic heterocycles. The van der Waals surface area contributed by atoms with Gasteiger partial charge >= 0.3 is 0 Å². The maximum Gasteiger partial charge on any atom is 0.0991 e. The topological polar surface area (TPSA) is 96.3 Å². The molecule has 2 aromatic carbocycles. The van der Waals surface area contributed by atoms with Gasteiger partial charge in [0.15, 0.2) is 0 Å². The Kier molecular flexibility index (Phi) is 3.99. The molecule has 20 heavy (non-hydrogen) atoms. The van der Waals surface area contributed by atoms with Gasteiger partial charge in [-0.15, -0.1) is 0 Å². The van der Waals surface area contributed by atoms with Gasteiger partial charge in [-0.1, -0.05) is 29.4 Å². The molecule has 0 amide bonds. The molecule has 0 aliphatic heterocycles. The Morgan fingerprint density at radius 2 is 1.25 bits per heavy atom. The number of hydrogen-bond acceptors (Lipinski definition) is 3. The van der Waals surface area contributed by atoms with Crippen LogP contribution in [0.25, 0.3) is 10.4 Å². The lowest BCUT2D eigenvalue weighted by Gasteiger charge is -2.12. The SMILES string of the molecule is N#Cc1ccc(C(N=[N+]=[N-])c2ccc(C#N)cc2)cc1. The van der Waals surface area contributed by atoms with Gasteiger partial charge in [0.25, 0.3) is 0 Å². The normalized spacial score (nSPS) is 9.35. The standard InChI is InChI=1S/C15H9N5/c16-9-11-1-5-13(6-2-11)15(19-20-18)14-7-3-12(10-17)4-8-14/h1-8,15H. The molecule has 0 unspecified atom stereocenters. The van der Waals surface area contributed by atoms with Crippen LogP contribution >= 0.6 is 0 Å². The summed E-state index contributed by atoms with van der Waals surface area (Å²) in [4.78, 5) is 2.87. The largest absolute Gasteiger partial charge is 0.192 e. The average Bonchev–Trinajstić information content (AvgIpc) is 2.53. The van der Waals surface area contributed by atoms with Gasteiger partial charge in [0, 0.05) is 4.91 Å². The molecule has 5 heteroatoms. The Hall–Kier alpha value is -3.27. The van der Waals surface area contributed by atoms with Crippen LogP contribution in [-0.4, -0.2) is 0 Å². The summed E-state index contributed by atoms with van der Waals surface area (Å²) in [5, 5.41) is 21.4. The number of nitriles is 2. The molecule has 2 aromatic rings. The summed E-state index contributed by atoms with van der Waals surface area (Å²) in [6.07, 6.45) is 0. The molecule has 0 heterocycles. The van der Waals surface area contributed by atoms with Gasteiger partial charge in [-0.3, -0.25) is 0 Å². The molecule has 0 atom stereocenters. The van der Waals surface area contributed by atoms with Crippen LogP contribution in [0, 0.1) is 22.7 Å². The third-order valence-corrected chi connectivity index (χ3v) is 2.88. The van der Waals surface area contributed by atoms with Crippen LogP contribution in [0.15, 0.2) is 53.6 Å². The molecule has 0 aliphatic rings. The molecule has 0 spiro atoms. The first kappa shape index (κ1) is 13.2. The molecule has 94 valence electrons. The minimum atomic E-state index is -0.472. The van der Waals surface area contributed by atoms with E-state index in [0.29, 0.717) is 11.1 Å². The van der Waals surface area contributed by atoms with Crippen molar-refractivity contribution in [1.82, 2.24) is 0 Å². The number of benzene rings is 2. The zero-order valence-electron chi connectivity index (χ0n) is 10.4. The van der Waals surface area contributed by atoms with Crippen LogP contribution in [0.5, 0.6) is 0 Å². The van der Waals surface area contributed by atoms with Gasteiger partial charge in [-0.05, 0) is 40.9 Å². The maximum absolute atomic E-state index is 8.78. The molecule has 5 nitrogen and oxygen atoms in total. The van der Waals surface area contributed by atoms with E-state index in [1.807, 2.05) is 12.1 Å². The zero-order chi connectivity index (χ0) is 14.4. The Bertz CT molecular complexity index is 668. The molecule has 2 rings (SSSR count). The number of nitrogens with zero attached hydrogens (tertiary/aromatic N) is 5. The van der Waals surface area contributed by atoms with E-state index in [2.05, 4.69) is 10.0 Å². The van der Waals surface area contributed by atoms with Crippen molar-refractivity contribution >= 4 is 0 Å². The molecule has 0 radical (unpaired) electrons. The predicted molar refractivity (Wildman–Crippen MR) is 73.3 cm³/mol. The molecule has 0 saturated heterocycles. The van der Waals surface area contributed by atoms with Crippen molar-refractivity contribution in [3.63, 3.8) is 0 Å². The van der Waals surface area contributed by atoms with Crippen molar-refractivity contribution in [2.24, 2.45) is 5.11 Å². The Morgan fingerprint density at radius 1 is 0.850 bits per heavy atom. The van der Waals surface area contributed by atoms with Gasteiger partial charge in [-0.2, -0.15) is 10.5 Å². The average molecular weight is 259 g/mol. The summed E-state index contributed by atoms with van der Waals surface area (Å²) in [5.74, 6) is 0. The van der Waals surface area contributed by atoms with E-state index in [1.165, 1.54) is 0 Å². The summed E-state index contributed by atoms with van der Waals surface area (Å²) in [6.45, 7) is 0. The highest BCUT2D eigenvalue weighted by Gasteiger charge is 2.12. The zero-order valence-corrected chi connectivity index (χ0v) is 10.4. The van der Waals surface area contributed by atoms with Crippen LogP contribution in [0.1, 0.15) is 28.3 Å². The summed E-state index contributed by atoms with van der Waals surface area (Å²) >= 11 is 0. The lowest BCUT2D eigenvalue weighted by atomic mass is 9.98. The Balaban J connectivity index is 2.42. The summed E-state index contributed by atoms with van der Waals surface area (Å²) < 4.78 is 0. The van der Waals surface area contributed by atoms with Crippen LogP contribution < -0.4 is 0 Å². The molecule has 0 N–H and O–H groups in total. The van der Waals surface area contributed by atoms with Crippen molar-refractivity contribution in [2.75, 3.05) is 0 Å². The predicted octanol–water partition coefficient (Wildman–Crippen LogP) is 3.83. The van der Waals surface area contributed by atoms with E-state index in [4.69, 9.17) is 16.1 Å². The van der Waals surface area contributed by atoms with Gasteiger partial charge in [0.05, 0.1) is 29.3 Å². The summed E-state index contributed by atoms with van der Waals surface area (Å²) in [5.41, 5.74) is 11.4. The third-order valence-electron chi connectivity index (χ3n) is 2.88. The Morgan fingerprint density at radius 3 is 1.55 bits per heavy atom. The van der Waals surface area contributed by atoms with Crippen LogP contribution in [0.3, 0.4) is 0 Å². The second-order valence-corrected chi connectivity index (χ2v) is 4.08. The van der Waals surface area contributed by atoms with Crippen molar-refractivity contribution in [3.8, 4) is 12.1 Å². The smallest absolute Gasteiger partial charge is 0.0991 e. The molecule has 0 fully saturated rings. The fourth-order valence-corrected chi connectivity index (χ4v) is 1.86. The van der Waals surface area contributed by atoms with E-state index in [0.717, 1.165) is 11.1 Å². The number of azide groups is 1. The molecule has 0 aliphatic carbocycles. The van der Waals surface area contributed by atoms with E-state index < -0.39 is 6.04 Å². The second kappa shape index (κ2) is 6.06. The van der Waals surface area contributed by atoms with Crippen molar-refractivity contribution in [2.45, 2.75) is 6.04 Å². The highest BCUT2D eigenvalue weighted by Crippen LogP contribution is 2.26. The highest BCUT2D eigenvalue weighted by molar-refractivity contribution is 5.39. The first-order valence-corrected chi connectivity index (χ1v) is 5.83. The van der Waals surface area contributed by atoms with E-state index in [1.54, 1.807) is 48.5 Å². The number of rotatable bonds is 3. The Labute approximate surface area is 116 Å². The van der Waals surface area contributed by atoms with Crippen molar-refractivity contribution < 1.29 is 0 Å². The van der Waals surface area contributed by atoms with Crippen molar-refractivity contribution in [1.29, 1.82) is 10.5 Å². The second-order valence-electron chi connectivity index (χ2n) is 4.08. The first-order valence-electron chi connectivity index (χ1n) is 5.83. The minimum absolute atomic E-state index is 0.472. The minimum Gasteiger partial charge on any atom is -0.192 e. The monoisotopic (exact) mass is 259 g/mol. The van der Waals surface area contributed by atoms with E-state index >= 15 is 0 Å². The molecule has 0 saturated carbocycles. The first-order chi connectivity index (χ1) is 9.78. The molecular formula is C15H9N5. The van der Waals surface area contributed by atoms with Gasteiger partial charge in [-0.25, -0.2) is 0 Å². The molecular weight excluding hydrogens is 250 g/mol. The van der Waals surface area contributed by atoms with E-state index in [-0.39, 0.29) is 0 Å². The highest BCUT2D eigenvalue weighted by atomic mass is 15.1. The summed E-state index contributed by atoms with van der Waals surface area (Å²) in [6, 6.07) is 17.4. The third kappa shape index (κ3) is 2.76. The van der Waals surface area contributed by atoms with Crippen LogP contribution in [0.4, 0.5) is 0 Å². The lowest BCUT2D eigenvalue weighted by molar-refractivity contribution is 0.859. The van der Waals surface area contributed by atoms with Gasteiger partial charge < -0.3 is 0 Å². The van der Waals surface area contributed by atoms with Gasteiger partial charge in [0.1, 0.15) is 0 Å². The maximum atomic E-state index is 8.78.